The SMILES string of the molecule is c1cnc2c(c1)CCCC2Nc1cccc2ccncc12. The molecule has 3 nitrogen and oxygen atoms in total. The van der Waals surface area contributed by atoms with Crippen molar-refractivity contribution in [2.45, 2.75) is 25.3 Å². The Morgan fingerprint density at radius 2 is 2.05 bits per heavy atom. The number of hydrogen-bond acceptors (Lipinski definition) is 3. The number of pyridine rings is 2. The fraction of sp³-hybridized carbons (Fsp3) is 0.222. The summed E-state index contributed by atoms with van der Waals surface area (Å²) >= 11 is 0. The lowest BCUT2D eigenvalue weighted by molar-refractivity contribution is 0.584. The van der Waals surface area contributed by atoms with Crippen LogP contribution in [0.4, 0.5) is 5.69 Å². The highest BCUT2D eigenvalue weighted by Gasteiger charge is 2.21. The van der Waals surface area contributed by atoms with Gasteiger partial charge in [-0.2, -0.15) is 0 Å². The number of rotatable bonds is 2. The third kappa shape index (κ3) is 2.25. The quantitative estimate of drug-likeness (QED) is 0.764. The standard InChI is InChI=1S/C18H17N3/c1-4-13-9-11-19-12-15(13)16(7-1)21-17-8-2-5-14-6-3-10-20-18(14)17/h1,3-4,6-7,9-12,17,21H,2,5,8H2. The van der Waals surface area contributed by atoms with Gasteiger partial charge in [0.25, 0.3) is 0 Å². The molecule has 0 saturated carbocycles. The van der Waals surface area contributed by atoms with Crippen molar-refractivity contribution in [1.82, 2.24) is 9.97 Å². The van der Waals surface area contributed by atoms with E-state index in [2.05, 4.69) is 39.6 Å². The van der Waals surface area contributed by atoms with Gasteiger partial charge in [0.15, 0.2) is 0 Å². The van der Waals surface area contributed by atoms with Crippen LogP contribution >= 0.6 is 0 Å². The first-order chi connectivity index (χ1) is 10.4. The molecule has 3 aromatic rings. The Bertz CT molecular complexity index is 777. The van der Waals surface area contributed by atoms with E-state index < -0.39 is 0 Å². The normalized spacial score (nSPS) is 17.4. The third-order valence-corrected chi connectivity index (χ3v) is 4.21. The van der Waals surface area contributed by atoms with Crippen LogP contribution in [0.25, 0.3) is 10.8 Å². The van der Waals surface area contributed by atoms with Crippen LogP contribution < -0.4 is 5.32 Å². The minimum Gasteiger partial charge on any atom is -0.376 e. The Hall–Kier alpha value is -2.42. The van der Waals surface area contributed by atoms with E-state index in [9.17, 15) is 0 Å². The average molecular weight is 275 g/mol. The van der Waals surface area contributed by atoms with E-state index in [1.165, 1.54) is 28.5 Å². The van der Waals surface area contributed by atoms with Gasteiger partial charge in [-0.25, -0.2) is 0 Å². The first-order valence-corrected chi connectivity index (χ1v) is 7.45. The molecule has 1 aromatic carbocycles. The van der Waals surface area contributed by atoms with E-state index in [0.717, 1.165) is 18.5 Å². The van der Waals surface area contributed by atoms with Gasteiger partial charge in [0, 0.05) is 29.7 Å². The number of aryl methyl sites for hydroxylation is 1. The van der Waals surface area contributed by atoms with Crippen molar-refractivity contribution in [1.29, 1.82) is 0 Å². The Kier molecular flexibility index (Phi) is 3.03. The minimum absolute atomic E-state index is 0.292. The van der Waals surface area contributed by atoms with Crippen molar-refractivity contribution in [2.24, 2.45) is 0 Å². The summed E-state index contributed by atoms with van der Waals surface area (Å²) in [6.07, 6.45) is 9.13. The number of aromatic nitrogens is 2. The molecule has 1 aliphatic rings. The van der Waals surface area contributed by atoms with E-state index >= 15 is 0 Å². The van der Waals surface area contributed by atoms with Crippen LogP contribution in [0.2, 0.25) is 0 Å². The fourth-order valence-electron chi connectivity index (χ4n) is 3.18. The predicted octanol–water partition coefficient (Wildman–Crippen LogP) is 4.12. The molecule has 0 spiro atoms. The first kappa shape index (κ1) is 12.3. The molecule has 104 valence electrons. The molecule has 2 aromatic heterocycles. The highest BCUT2D eigenvalue weighted by atomic mass is 15.0. The zero-order valence-corrected chi connectivity index (χ0v) is 11.8. The number of nitrogens with zero attached hydrogens (tertiary/aromatic N) is 2. The van der Waals surface area contributed by atoms with Crippen LogP contribution in [0.1, 0.15) is 30.1 Å². The second kappa shape index (κ2) is 5.17. The van der Waals surface area contributed by atoms with Crippen molar-refractivity contribution in [3.8, 4) is 0 Å². The van der Waals surface area contributed by atoms with E-state index in [0.29, 0.717) is 6.04 Å². The lowest BCUT2D eigenvalue weighted by Crippen LogP contribution is -2.18. The highest BCUT2D eigenvalue weighted by Crippen LogP contribution is 2.33. The van der Waals surface area contributed by atoms with Gasteiger partial charge in [0.05, 0.1) is 11.7 Å². The molecule has 1 N–H and O–H groups in total. The summed E-state index contributed by atoms with van der Waals surface area (Å²) in [4.78, 5) is 8.85. The largest absolute Gasteiger partial charge is 0.376 e. The van der Waals surface area contributed by atoms with Crippen molar-refractivity contribution in [3.63, 3.8) is 0 Å². The van der Waals surface area contributed by atoms with E-state index in [4.69, 9.17) is 0 Å². The molecule has 1 atom stereocenters. The zero-order valence-electron chi connectivity index (χ0n) is 11.8. The smallest absolute Gasteiger partial charge is 0.0688 e. The van der Waals surface area contributed by atoms with Gasteiger partial charge in [-0.15, -0.1) is 0 Å². The van der Waals surface area contributed by atoms with Crippen molar-refractivity contribution < 1.29 is 0 Å². The molecule has 1 unspecified atom stereocenters. The van der Waals surface area contributed by atoms with Crippen molar-refractivity contribution in [3.05, 3.63) is 66.2 Å². The van der Waals surface area contributed by atoms with Crippen molar-refractivity contribution >= 4 is 16.5 Å². The molecule has 0 aliphatic heterocycles. The topological polar surface area (TPSA) is 37.8 Å². The van der Waals surface area contributed by atoms with Crippen LogP contribution in [0.15, 0.2) is 55.0 Å². The number of fused-ring (bicyclic) bond motifs is 2. The second-order valence-corrected chi connectivity index (χ2v) is 5.54. The van der Waals surface area contributed by atoms with Crippen LogP contribution in [0, 0.1) is 0 Å². The summed E-state index contributed by atoms with van der Waals surface area (Å²) < 4.78 is 0. The number of hydrogen-bond donors (Lipinski definition) is 1. The predicted molar refractivity (Wildman–Crippen MR) is 85.3 cm³/mol. The maximum absolute atomic E-state index is 4.60. The molecule has 0 fully saturated rings. The van der Waals surface area contributed by atoms with E-state index in [1.807, 2.05) is 30.7 Å². The fourth-order valence-corrected chi connectivity index (χ4v) is 3.18. The maximum atomic E-state index is 4.60. The Balaban J connectivity index is 1.73. The third-order valence-electron chi connectivity index (χ3n) is 4.21. The van der Waals surface area contributed by atoms with E-state index in [1.54, 1.807) is 0 Å². The highest BCUT2D eigenvalue weighted by molar-refractivity contribution is 5.93. The Labute approximate surface area is 124 Å². The summed E-state index contributed by atoms with van der Waals surface area (Å²) in [5.41, 5.74) is 3.72. The minimum atomic E-state index is 0.292. The number of anilines is 1. The van der Waals surface area contributed by atoms with Gasteiger partial charge < -0.3 is 5.32 Å². The van der Waals surface area contributed by atoms with Crippen molar-refractivity contribution in [2.75, 3.05) is 5.32 Å². The molecule has 0 saturated heterocycles. The van der Waals surface area contributed by atoms with Gasteiger partial charge >= 0.3 is 0 Å². The number of benzene rings is 1. The summed E-state index contributed by atoms with van der Waals surface area (Å²) in [5, 5.41) is 6.06. The molecular weight excluding hydrogens is 258 g/mol. The van der Waals surface area contributed by atoms with E-state index in [-0.39, 0.29) is 0 Å². The van der Waals surface area contributed by atoms with Gasteiger partial charge in [-0.1, -0.05) is 18.2 Å². The van der Waals surface area contributed by atoms with Gasteiger partial charge in [0.2, 0.25) is 0 Å². The second-order valence-electron chi connectivity index (χ2n) is 5.54. The van der Waals surface area contributed by atoms with Gasteiger partial charge in [-0.05, 0) is 48.4 Å². The van der Waals surface area contributed by atoms with Crippen LogP contribution in [0.5, 0.6) is 0 Å². The summed E-state index contributed by atoms with van der Waals surface area (Å²) in [6.45, 7) is 0. The number of nitrogens with one attached hydrogen (secondary N) is 1. The first-order valence-electron chi connectivity index (χ1n) is 7.45. The molecule has 21 heavy (non-hydrogen) atoms. The Morgan fingerprint density at radius 3 is 3.05 bits per heavy atom. The van der Waals surface area contributed by atoms with Crippen LogP contribution in [-0.2, 0) is 6.42 Å². The lowest BCUT2D eigenvalue weighted by atomic mass is 9.91. The van der Waals surface area contributed by atoms with Gasteiger partial charge in [-0.3, -0.25) is 9.97 Å². The molecule has 4 rings (SSSR count). The lowest BCUT2D eigenvalue weighted by Gasteiger charge is -2.26. The zero-order chi connectivity index (χ0) is 14.1. The van der Waals surface area contributed by atoms with Crippen LogP contribution in [0.3, 0.4) is 0 Å². The molecular formula is C18H17N3. The van der Waals surface area contributed by atoms with Crippen LogP contribution in [-0.4, -0.2) is 9.97 Å². The molecule has 0 radical (unpaired) electrons. The molecule has 3 heteroatoms. The average Bonchev–Trinajstić information content (AvgIpc) is 2.56. The molecule has 2 heterocycles. The monoisotopic (exact) mass is 275 g/mol. The summed E-state index contributed by atoms with van der Waals surface area (Å²) in [5.74, 6) is 0. The van der Waals surface area contributed by atoms with Gasteiger partial charge in [0.1, 0.15) is 0 Å². The molecule has 0 amide bonds. The molecule has 1 aliphatic carbocycles. The Morgan fingerprint density at radius 1 is 1.05 bits per heavy atom. The molecule has 0 bridgehead atoms. The summed E-state index contributed by atoms with van der Waals surface area (Å²) in [6, 6.07) is 12.9. The summed E-state index contributed by atoms with van der Waals surface area (Å²) in [7, 11) is 0. The maximum Gasteiger partial charge on any atom is 0.0688 e.